The van der Waals surface area contributed by atoms with E-state index < -0.39 is 63.0 Å². The lowest BCUT2D eigenvalue weighted by atomic mass is 9.99. The fourth-order valence-electron chi connectivity index (χ4n) is 4.28. The zero-order valence-corrected chi connectivity index (χ0v) is 23.9. The Balaban J connectivity index is 1.61. The number of nitrogens with zero attached hydrogens (tertiary/aromatic N) is 4. The summed E-state index contributed by atoms with van der Waals surface area (Å²) >= 11 is 0. The number of ether oxygens (including phenoxy) is 2. The average Bonchev–Trinajstić information content (AvgIpc) is 3.47. The van der Waals surface area contributed by atoms with Crippen molar-refractivity contribution in [3.05, 3.63) is 36.7 Å². The van der Waals surface area contributed by atoms with Crippen LogP contribution in [-0.4, -0.2) is 74.8 Å². The molecule has 0 saturated carbocycles. The van der Waals surface area contributed by atoms with Gasteiger partial charge in [0.15, 0.2) is 23.2 Å². The molecule has 0 aliphatic carbocycles. The fraction of sp³-hybridized carbons (Fsp3) is 0.500. The van der Waals surface area contributed by atoms with Gasteiger partial charge in [-0.05, 0) is 32.9 Å². The van der Waals surface area contributed by atoms with Crippen LogP contribution in [0.4, 0.5) is 24.9 Å². The predicted molar refractivity (Wildman–Crippen MR) is 143 cm³/mol. The monoisotopic (exact) mass is 617 g/mol. The van der Waals surface area contributed by atoms with Crippen molar-refractivity contribution >= 4 is 36.6 Å². The molecular weight excluding hydrogens is 586 g/mol. The standard InChI is InChI=1S/C24H31F3N7O7P/c1-12(2)39-22(36)13(3)33-42(37,41-14-8-6-5-7-9-14)38-10-15-18(35)16(24(25,26)27)21(40-15)34-11-30-17-19(29-4)31-23(28)32-20(17)34/h5-9,11-13,15-16,18,21,35H,10H2,1-4H3,(H,33,37)(H3,28,29,31,32)/t13-,15-,16+,18-,21-,42-/m1/s1. The number of nitrogens with one attached hydrogen (secondary N) is 2. The molecule has 3 aromatic rings. The smallest absolute Gasteiger partial charge is 0.459 e. The molecule has 4 rings (SSSR count). The zero-order valence-electron chi connectivity index (χ0n) is 23.0. The summed E-state index contributed by atoms with van der Waals surface area (Å²) in [5, 5.41) is 16.0. The highest BCUT2D eigenvalue weighted by molar-refractivity contribution is 7.52. The van der Waals surface area contributed by atoms with Crippen LogP contribution in [0.2, 0.25) is 0 Å². The van der Waals surface area contributed by atoms with Crippen LogP contribution in [0.25, 0.3) is 11.2 Å². The highest BCUT2D eigenvalue weighted by Gasteiger charge is 2.58. The van der Waals surface area contributed by atoms with Crippen molar-refractivity contribution in [3.8, 4) is 5.75 Å². The number of fused-ring (bicyclic) bond motifs is 1. The number of nitrogen functional groups attached to an aromatic ring is 1. The number of esters is 1. The molecule has 0 spiro atoms. The van der Waals surface area contributed by atoms with Gasteiger partial charge in [-0.25, -0.2) is 9.55 Å². The maximum absolute atomic E-state index is 14.3. The first kappa shape index (κ1) is 31.4. The average molecular weight is 618 g/mol. The molecule has 2 aromatic heterocycles. The third-order valence-electron chi connectivity index (χ3n) is 6.13. The third-order valence-corrected chi connectivity index (χ3v) is 7.78. The Labute approximate surface area is 238 Å². The van der Waals surface area contributed by atoms with Crippen molar-refractivity contribution in [1.29, 1.82) is 0 Å². The molecule has 0 unspecified atom stereocenters. The Morgan fingerprint density at radius 3 is 2.55 bits per heavy atom. The molecular formula is C24H31F3N7O7P. The number of anilines is 2. The van der Waals surface area contributed by atoms with Crippen LogP contribution >= 0.6 is 7.75 Å². The van der Waals surface area contributed by atoms with Crippen molar-refractivity contribution < 1.29 is 46.2 Å². The predicted octanol–water partition coefficient (Wildman–Crippen LogP) is 3.02. The Hall–Kier alpha value is -3.50. The van der Waals surface area contributed by atoms with Crippen LogP contribution in [-0.2, 0) is 23.4 Å². The van der Waals surface area contributed by atoms with Gasteiger partial charge < -0.3 is 30.2 Å². The minimum absolute atomic E-state index is 0.0721. The van der Waals surface area contributed by atoms with E-state index in [0.29, 0.717) is 0 Å². The number of aliphatic hydroxyl groups excluding tert-OH is 1. The molecule has 1 saturated heterocycles. The maximum Gasteiger partial charge on any atom is 0.459 e. The fourth-order valence-corrected chi connectivity index (χ4v) is 5.78. The van der Waals surface area contributed by atoms with E-state index in [1.807, 2.05) is 0 Å². The van der Waals surface area contributed by atoms with E-state index in [1.165, 1.54) is 26.1 Å². The van der Waals surface area contributed by atoms with E-state index in [0.717, 1.165) is 10.9 Å². The zero-order chi connectivity index (χ0) is 30.8. The van der Waals surface area contributed by atoms with Crippen LogP contribution in [0.3, 0.4) is 0 Å². The molecule has 1 fully saturated rings. The minimum Gasteiger partial charge on any atom is -0.462 e. The molecule has 1 aromatic carbocycles. The first-order chi connectivity index (χ1) is 19.7. The van der Waals surface area contributed by atoms with Gasteiger partial charge in [-0.1, -0.05) is 18.2 Å². The van der Waals surface area contributed by atoms with Gasteiger partial charge >= 0.3 is 19.9 Å². The topological polar surface area (TPSA) is 185 Å². The van der Waals surface area contributed by atoms with Crippen LogP contribution < -0.4 is 20.7 Å². The molecule has 3 heterocycles. The Morgan fingerprint density at radius 1 is 1.24 bits per heavy atom. The van der Waals surface area contributed by atoms with Crippen LogP contribution in [0, 0.1) is 5.92 Å². The number of halogens is 3. The van der Waals surface area contributed by atoms with Crippen LogP contribution in [0.5, 0.6) is 5.75 Å². The van der Waals surface area contributed by atoms with Crippen LogP contribution in [0.1, 0.15) is 27.0 Å². The SMILES string of the molecule is CNc1nc(N)nc2c1ncn2[C@@H]1O[C@H](CO[P@](=O)(N[C@H](C)C(=O)OC(C)C)Oc2ccccc2)[C@@H](O)[C@@H]1C(F)(F)F. The molecule has 42 heavy (non-hydrogen) atoms. The molecule has 14 nitrogen and oxygen atoms in total. The number of rotatable bonds is 11. The first-order valence-corrected chi connectivity index (χ1v) is 14.3. The largest absolute Gasteiger partial charge is 0.462 e. The number of hydrogen-bond acceptors (Lipinski definition) is 12. The Bertz CT molecular complexity index is 1440. The first-order valence-electron chi connectivity index (χ1n) is 12.8. The van der Waals surface area contributed by atoms with Gasteiger partial charge in [0, 0.05) is 7.05 Å². The summed E-state index contributed by atoms with van der Waals surface area (Å²) in [6, 6.07) is 6.57. The summed E-state index contributed by atoms with van der Waals surface area (Å²) in [6.07, 6.45) is -10.0. The number of benzene rings is 1. The van der Waals surface area contributed by atoms with Gasteiger partial charge in [0.25, 0.3) is 0 Å². The second kappa shape index (κ2) is 12.4. The van der Waals surface area contributed by atoms with Gasteiger partial charge in [-0.15, -0.1) is 0 Å². The number of aliphatic hydroxyl groups is 1. The lowest BCUT2D eigenvalue weighted by Gasteiger charge is -2.25. The molecule has 0 bridgehead atoms. The number of para-hydroxylation sites is 1. The second-order valence-corrected chi connectivity index (χ2v) is 11.4. The molecule has 230 valence electrons. The minimum atomic E-state index is -4.95. The summed E-state index contributed by atoms with van der Waals surface area (Å²) in [5.41, 5.74) is 5.78. The normalized spacial score (nSPS) is 23.1. The number of carbonyl (C=O) groups excluding carboxylic acids is 1. The highest BCUT2D eigenvalue weighted by Crippen LogP contribution is 2.49. The number of nitrogens with two attached hydrogens (primary N) is 1. The molecule has 6 atom stereocenters. The summed E-state index contributed by atoms with van der Waals surface area (Å²) in [6.45, 7) is 3.77. The molecule has 5 N–H and O–H groups in total. The van der Waals surface area contributed by atoms with E-state index in [9.17, 15) is 27.6 Å². The highest BCUT2D eigenvalue weighted by atomic mass is 31.2. The van der Waals surface area contributed by atoms with E-state index in [4.69, 9.17) is 24.3 Å². The van der Waals surface area contributed by atoms with Gasteiger partial charge in [0.05, 0.1) is 25.1 Å². The molecule has 1 aliphatic heterocycles. The number of hydrogen-bond donors (Lipinski definition) is 4. The number of carbonyl (C=O) groups is 1. The summed E-state index contributed by atoms with van der Waals surface area (Å²) in [4.78, 5) is 24.4. The molecule has 0 amide bonds. The lowest BCUT2D eigenvalue weighted by molar-refractivity contribution is -0.210. The van der Waals surface area contributed by atoms with E-state index in [2.05, 4.69) is 25.4 Å². The second-order valence-electron chi connectivity index (χ2n) is 9.66. The van der Waals surface area contributed by atoms with Gasteiger partial charge in [-0.2, -0.15) is 28.2 Å². The molecule has 1 aliphatic rings. The summed E-state index contributed by atoms with van der Waals surface area (Å²) in [5.74, 6) is -3.20. The number of alkyl halides is 3. The molecule has 0 radical (unpaired) electrons. The van der Waals surface area contributed by atoms with Gasteiger partial charge in [0.1, 0.15) is 23.8 Å². The van der Waals surface area contributed by atoms with Gasteiger partial charge in [-0.3, -0.25) is 13.9 Å². The third kappa shape index (κ3) is 6.93. The van der Waals surface area contributed by atoms with Crippen molar-refractivity contribution in [2.24, 2.45) is 5.92 Å². The summed E-state index contributed by atoms with van der Waals surface area (Å²) in [7, 11) is -2.94. The van der Waals surface area contributed by atoms with Crippen LogP contribution in [0.15, 0.2) is 36.7 Å². The van der Waals surface area contributed by atoms with Crippen molar-refractivity contribution in [2.75, 3.05) is 24.7 Å². The van der Waals surface area contributed by atoms with Gasteiger partial charge in [0.2, 0.25) is 5.95 Å². The van der Waals surface area contributed by atoms with E-state index >= 15 is 0 Å². The lowest BCUT2D eigenvalue weighted by Crippen LogP contribution is -2.40. The quantitative estimate of drug-likeness (QED) is 0.182. The van der Waals surface area contributed by atoms with Crippen molar-refractivity contribution in [2.45, 2.75) is 57.5 Å². The number of imidazole rings is 1. The van der Waals surface area contributed by atoms with E-state index in [1.54, 1.807) is 32.0 Å². The summed E-state index contributed by atoms with van der Waals surface area (Å²) < 4.78 is 79.2. The van der Waals surface area contributed by atoms with E-state index in [-0.39, 0.29) is 28.7 Å². The number of aromatic nitrogens is 4. The Kier molecular flexibility index (Phi) is 9.27. The maximum atomic E-state index is 14.3. The Morgan fingerprint density at radius 2 is 1.93 bits per heavy atom. The van der Waals surface area contributed by atoms with Crippen molar-refractivity contribution in [1.82, 2.24) is 24.6 Å². The van der Waals surface area contributed by atoms with Crippen molar-refractivity contribution in [3.63, 3.8) is 0 Å². The molecule has 18 heteroatoms.